The van der Waals surface area contributed by atoms with Gasteiger partial charge < -0.3 is 0 Å². The molecule has 3 rings (SSSR count). The Hall–Kier alpha value is -2.74. The Morgan fingerprint density at radius 3 is 2.14 bits per heavy atom. The summed E-state index contributed by atoms with van der Waals surface area (Å²) in [5.74, 6) is -0.445. The zero-order valence-electron chi connectivity index (χ0n) is 12.2. The van der Waals surface area contributed by atoms with Crippen molar-refractivity contribution in [1.82, 2.24) is 0 Å². The SMILES string of the molecule is Cc1ccc(-c2ccccc2C(=O)c2ccc(F)cc2)cc1. The van der Waals surface area contributed by atoms with Crippen LogP contribution < -0.4 is 0 Å². The van der Waals surface area contributed by atoms with Crippen molar-refractivity contribution in [2.45, 2.75) is 6.92 Å². The Balaban J connectivity index is 2.06. The lowest BCUT2D eigenvalue weighted by atomic mass is 9.93. The second-order valence-electron chi connectivity index (χ2n) is 5.25. The molecule has 0 amide bonds. The van der Waals surface area contributed by atoms with Crippen molar-refractivity contribution < 1.29 is 9.18 Å². The van der Waals surface area contributed by atoms with Crippen molar-refractivity contribution in [3.05, 3.63) is 95.3 Å². The molecule has 0 N–H and O–H groups in total. The van der Waals surface area contributed by atoms with Crippen LogP contribution in [0.3, 0.4) is 0 Å². The minimum atomic E-state index is -0.344. The average Bonchev–Trinajstić information content (AvgIpc) is 2.56. The molecule has 0 aliphatic carbocycles. The van der Waals surface area contributed by atoms with E-state index in [1.165, 1.54) is 29.8 Å². The molecule has 0 radical (unpaired) electrons. The number of carbonyl (C=O) groups excluding carboxylic acids is 1. The van der Waals surface area contributed by atoms with Crippen molar-refractivity contribution in [3.8, 4) is 11.1 Å². The maximum atomic E-state index is 13.0. The van der Waals surface area contributed by atoms with Gasteiger partial charge in [-0.2, -0.15) is 0 Å². The van der Waals surface area contributed by atoms with Crippen LogP contribution >= 0.6 is 0 Å². The molecule has 22 heavy (non-hydrogen) atoms. The number of hydrogen-bond donors (Lipinski definition) is 0. The van der Waals surface area contributed by atoms with Crippen LogP contribution in [0.2, 0.25) is 0 Å². The molecule has 108 valence electrons. The lowest BCUT2D eigenvalue weighted by molar-refractivity contribution is 0.103. The minimum absolute atomic E-state index is 0.101. The topological polar surface area (TPSA) is 17.1 Å². The Kier molecular flexibility index (Phi) is 3.84. The molecule has 0 bridgehead atoms. The smallest absolute Gasteiger partial charge is 0.193 e. The number of hydrogen-bond acceptors (Lipinski definition) is 1. The van der Waals surface area contributed by atoms with Gasteiger partial charge in [0.15, 0.2) is 5.78 Å². The molecule has 0 fully saturated rings. The quantitative estimate of drug-likeness (QED) is 0.618. The maximum Gasteiger partial charge on any atom is 0.193 e. The minimum Gasteiger partial charge on any atom is -0.289 e. The second-order valence-corrected chi connectivity index (χ2v) is 5.25. The van der Waals surface area contributed by atoms with Gasteiger partial charge >= 0.3 is 0 Å². The van der Waals surface area contributed by atoms with E-state index in [1.807, 2.05) is 49.4 Å². The first-order valence-electron chi connectivity index (χ1n) is 7.11. The number of ketones is 1. The van der Waals surface area contributed by atoms with E-state index < -0.39 is 0 Å². The molecular weight excluding hydrogens is 275 g/mol. The fraction of sp³-hybridized carbons (Fsp3) is 0.0500. The van der Waals surface area contributed by atoms with E-state index in [0.29, 0.717) is 11.1 Å². The molecule has 0 aliphatic rings. The number of benzene rings is 3. The fourth-order valence-electron chi connectivity index (χ4n) is 2.42. The van der Waals surface area contributed by atoms with Crippen molar-refractivity contribution in [3.63, 3.8) is 0 Å². The molecule has 0 heterocycles. The predicted molar refractivity (Wildman–Crippen MR) is 86.4 cm³/mol. The van der Waals surface area contributed by atoms with E-state index in [9.17, 15) is 9.18 Å². The number of aryl methyl sites for hydroxylation is 1. The van der Waals surface area contributed by atoms with Crippen molar-refractivity contribution in [2.75, 3.05) is 0 Å². The standard InChI is InChI=1S/C20H15FO/c1-14-6-8-15(9-7-14)18-4-2-3-5-19(18)20(22)16-10-12-17(21)13-11-16/h2-13H,1H3. The van der Waals surface area contributed by atoms with Crippen LogP contribution in [0.4, 0.5) is 4.39 Å². The molecule has 3 aromatic rings. The van der Waals surface area contributed by atoms with Gasteiger partial charge in [-0.15, -0.1) is 0 Å². The predicted octanol–water partition coefficient (Wildman–Crippen LogP) is 5.03. The highest BCUT2D eigenvalue weighted by Gasteiger charge is 2.14. The summed E-state index contributed by atoms with van der Waals surface area (Å²) in [5.41, 5.74) is 4.17. The third kappa shape index (κ3) is 2.82. The monoisotopic (exact) mass is 290 g/mol. The average molecular weight is 290 g/mol. The van der Waals surface area contributed by atoms with Gasteiger partial charge in [0.25, 0.3) is 0 Å². The van der Waals surface area contributed by atoms with E-state index in [2.05, 4.69) is 0 Å². The van der Waals surface area contributed by atoms with Crippen LogP contribution in [0.5, 0.6) is 0 Å². The van der Waals surface area contributed by atoms with E-state index in [0.717, 1.165) is 11.1 Å². The molecule has 0 atom stereocenters. The molecular formula is C20H15FO. The first-order chi connectivity index (χ1) is 10.6. The summed E-state index contributed by atoms with van der Waals surface area (Å²) < 4.78 is 13.0. The van der Waals surface area contributed by atoms with Crippen molar-refractivity contribution >= 4 is 5.78 Å². The summed E-state index contributed by atoms with van der Waals surface area (Å²) in [6.07, 6.45) is 0. The highest BCUT2D eigenvalue weighted by atomic mass is 19.1. The van der Waals surface area contributed by atoms with Gasteiger partial charge in [0.1, 0.15) is 5.82 Å². The normalized spacial score (nSPS) is 10.5. The molecule has 0 saturated heterocycles. The summed E-state index contributed by atoms with van der Waals surface area (Å²) in [7, 11) is 0. The summed E-state index contributed by atoms with van der Waals surface area (Å²) in [6, 6.07) is 21.2. The van der Waals surface area contributed by atoms with Gasteiger partial charge in [-0.05, 0) is 42.3 Å². The molecule has 0 saturated carbocycles. The number of rotatable bonds is 3. The zero-order chi connectivity index (χ0) is 15.5. The largest absolute Gasteiger partial charge is 0.289 e. The van der Waals surface area contributed by atoms with Gasteiger partial charge in [-0.25, -0.2) is 4.39 Å². The molecule has 0 unspecified atom stereocenters. The summed E-state index contributed by atoms with van der Waals surface area (Å²) in [5, 5.41) is 0. The number of carbonyl (C=O) groups is 1. The third-order valence-electron chi connectivity index (χ3n) is 3.64. The molecule has 0 aliphatic heterocycles. The maximum absolute atomic E-state index is 13.0. The van der Waals surface area contributed by atoms with Gasteiger partial charge in [0.2, 0.25) is 0 Å². The second kappa shape index (κ2) is 5.94. The first kappa shape index (κ1) is 14.2. The fourth-order valence-corrected chi connectivity index (χ4v) is 2.42. The van der Waals surface area contributed by atoms with Gasteiger partial charge in [0, 0.05) is 11.1 Å². The molecule has 0 aromatic heterocycles. The highest BCUT2D eigenvalue weighted by molar-refractivity contribution is 6.12. The van der Waals surface area contributed by atoms with Crippen LogP contribution in [0.1, 0.15) is 21.5 Å². The van der Waals surface area contributed by atoms with E-state index >= 15 is 0 Å². The lowest BCUT2D eigenvalue weighted by Gasteiger charge is -2.09. The molecule has 1 nitrogen and oxygen atoms in total. The summed E-state index contributed by atoms with van der Waals surface area (Å²) in [6.45, 7) is 2.03. The summed E-state index contributed by atoms with van der Waals surface area (Å²) in [4.78, 5) is 12.7. The zero-order valence-corrected chi connectivity index (χ0v) is 12.2. The van der Waals surface area contributed by atoms with E-state index in [-0.39, 0.29) is 11.6 Å². The van der Waals surface area contributed by atoms with E-state index in [4.69, 9.17) is 0 Å². The molecule has 0 spiro atoms. The van der Waals surface area contributed by atoms with Crippen LogP contribution in [-0.2, 0) is 0 Å². The van der Waals surface area contributed by atoms with Gasteiger partial charge in [-0.3, -0.25) is 4.79 Å². The number of halogens is 1. The van der Waals surface area contributed by atoms with Crippen molar-refractivity contribution in [2.24, 2.45) is 0 Å². The van der Waals surface area contributed by atoms with E-state index in [1.54, 1.807) is 6.07 Å². The van der Waals surface area contributed by atoms with Crippen LogP contribution in [0.25, 0.3) is 11.1 Å². The highest BCUT2D eigenvalue weighted by Crippen LogP contribution is 2.26. The van der Waals surface area contributed by atoms with Gasteiger partial charge in [0.05, 0.1) is 0 Å². The van der Waals surface area contributed by atoms with Crippen molar-refractivity contribution in [1.29, 1.82) is 0 Å². The Morgan fingerprint density at radius 1 is 0.818 bits per heavy atom. The first-order valence-corrected chi connectivity index (χ1v) is 7.11. The Labute approximate surface area is 129 Å². The van der Waals surface area contributed by atoms with Crippen LogP contribution in [0, 0.1) is 12.7 Å². The summed E-state index contributed by atoms with van der Waals surface area (Å²) >= 11 is 0. The lowest BCUT2D eigenvalue weighted by Crippen LogP contribution is -2.03. The Bertz CT molecular complexity index is 802. The molecule has 3 aromatic carbocycles. The Morgan fingerprint density at radius 2 is 1.45 bits per heavy atom. The third-order valence-corrected chi connectivity index (χ3v) is 3.64. The molecule has 2 heteroatoms. The van der Waals surface area contributed by atoms with Crippen LogP contribution in [-0.4, -0.2) is 5.78 Å². The van der Waals surface area contributed by atoms with Crippen LogP contribution in [0.15, 0.2) is 72.8 Å². The van der Waals surface area contributed by atoms with Gasteiger partial charge in [-0.1, -0.05) is 54.1 Å².